The summed E-state index contributed by atoms with van der Waals surface area (Å²) < 4.78 is 6.85. The Labute approximate surface area is 748 Å². The minimum Gasteiger partial charge on any atom is -0.309 e. The van der Waals surface area contributed by atoms with Crippen LogP contribution in [0.1, 0.15) is 78.9 Å². The lowest BCUT2D eigenvalue weighted by Gasteiger charge is -2.15. The maximum Gasteiger partial charge on any atom is 0.188 e. The van der Waals surface area contributed by atoms with E-state index in [2.05, 4.69) is 300 Å². The number of nitriles is 2. The minimum atomic E-state index is 0.502. The Bertz CT molecular complexity index is 7970. The molecule has 0 saturated carbocycles. The highest BCUT2D eigenvalue weighted by Crippen LogP contribution is 2.45. The van der Waals surface area contributed by atoms with Crippen molar-refractivity contribution in [2.75, 3.05) is 0 Å². The summed E-state index contributed by atoms with van der Waals surface area (Å²) in [6.07, 6.45) is 0. The van der Waals surface area contributed by atoms with Gasteiger partial charge < -0.3 is 13.7 Å². The van der Waals surface area contributed by atoms with Crippen LogP contribution in [0.2, 0.25) is 0 Å². The van der Waals surface area contributed by atoms with Gasteiger partial charge in [-0.25, -0.2) is 49.7 Å². The van der Waals surface area contributed by atoms with E-state index in [-0.39, 0.29) is 0 Å². The molecule has 15 aromatic carbocycles. The maximum absolute atomic E-state index is 10.0. The quantitative estimate of drug-likeness (QED) is 0.106. The molecular formula is C114H87N15. The maximum atomic E-state index is 10.0. The third-order valence-corrected chi connectivity index (χ3v) is 23.6. The number of fused-ring (bicyclic) bond motifs is 9. The summed E-state index contributed by atoms with van der Waals surface area (Å²) in [6.45, 7) is 32.2. The molecule has 6 aromatic heterocycles. The molecule has 0 atom stereocenters. The van der Waals surface area contributed by atoms with Crippen LogP contribution in [0.3, 0.4) is 0 Å². The van der Waals surface area contributed by atoms with Crippen LogP contribution in [0.5, 0.6) is 0 Å². The Morgan fingerprint density at radius 3 is 0.899 bits per heavy atom. The highest BCUT2D eigenvalue weighted by molar-refractivity contribution is 6.14. The van der Waals surface area contributed by atoms with E-state index in [4.69, 9.17) is 31.5 Å². The molecular weight excluding hydrogens is 1580 g/mol. The van der Waals surface area contributed by atoms with Gasteiger partial charge in [0.2, 0.25) is 0 Å². The van der Waals surface area contributed by atoms with E-state index in [1.54, 1.807) is 0 Å². The number of aryl methyl sites for hydroxylation is 12. The van der Waals surface area contributed by atoms with Crippen LogP contribution < -0.4 is 0 Å². The van der Waals surface area contributed by atoms with Crippen molar-refractivity contribution in [3.05, 3.63) is 400 Å². The van der Waals surface area contributed by atoms with Crippen LogP contribution >= 0.6 is 0 Å². The Morgan fingerprint density at radius 2 is 0.519 bits per heavy atom. The third-order valence-electron chi connectivity index (χ3n) is 23.6. The molecule has 15 nitrogen and oxygen atoms in total. The molecule has 21 rings (SSSR count). The van der Waals surface area contributed by atoms with Gasteiger partial charge in [-0.2, -0.15) is 10.5 Å². The fourth-order valence-electron chi connectivity index (χ4n) is 18.4. The smallest absolute Gasteiger partial charge is 0.188 e. The summed E-state index contributed by atoms with van der Waals surface area (Å²) in [7, 11) is 0. The molecule has 0 unspecified atom stereocenters. The van der Waals surface area contributed by atoms with E-state index in [1.807, 2.05) is 143 Å². The third kappa shape index (κ3) is 16.2. The lowest BCUT2D eigenvalue weighted by atomic mass is 9.98. The molecule has 0 N–H and O–H groups in total. The fourth-order valence-corrected chi connectivity index (χ4v) is 18.4. The average molecular weight is 1670 g/mol. The van der Waals surface area contributed by atoms with Crippen LogP contribution in [-0.2, 0) is 0 Å². The molecule has 0 radical (unpaired) electrons. The number of benzene rings is 15. The van der Waals surface area contributed by atoms with Gasteiger partial charge in [-0.3, -0.25) is 0 Å². The second kappa shape index (κ2) is 34.0. The minimum absolute atomic E-state index is 0.502. The lowest BCUT2D eigenvalue weighted by molar-refractivity contribution is 0.926. The summed E-state index contributed by atoms with van der Waals surface area (Å²) in [6, 6.07) is 112. The molecule has 618 valence electrons. The molecule has 0 saturated heterocycles. The summed E-state index contributed by atoms with van der Waals surface area (Å²) in [5.74, 6) is 5.36. The number of aromatic nitrogens is 12. The highest BCUT2D eigenvalue weighted by Gasteiger charge is 2.26. The van der Waals surface area contributed by atoms with Crippen LogP contribution in [0.4, 0.5) is 5.69 Å². The van der Waals surface area contributed by atoms with Crippen molar-refractivity contribution in [2.24, 2.45) is 0 Å². The highest BCUT2D eigenvalue weighted by atomic mass is 15.1. The van der Waals surface area contributed by atoms with Gasteiger partial charge in [-0.1, -0.05) is 263 Å². The normalized spacial score (nSPS) is 11.2. The predicted octanol–water partition coefficient (Wildman–Crippen LogP) is 27.9. The molecule has 129 heavy (non-hydrogen) atoms. The Kier molecular flexibility index (Phi) is 21.6. The van der Waals surface area contributed by atoms with E-state index in [9.17, 15) is 10.5 Å². The van der Waals surface area contributed by atoms with Crippen LogP contribution in [0, 0.1) is 112 Å². The molecule has 0 amide bonds. The molecule has 0 aliphatic heterocycles. The van der Waals surface area contributed by atoms with E-state index >= 15 is 0 Å². The number of hydrogen-bond donors (Lipinski definition) is 0. The molecule has 6 heterocycles. The van der Waals surface area contributed by atoms with Crippen molar-refractivity contribution in [1.82, 2.24) is 58.6 Å². The Balaban J connectivity index is 0.000000127. The van der Waals surface area contributed by atoms with Crippen molar-refractivity contribution in [3.8, 4) is 131 Å². The summed E-state index contributed by atoms with van der Waals surface area (Å²) >= 11 is 0. The van der Waals surface area contributed by atoms with E-state index in [0.717, 1.165) is 116 Å². The van der Waals surface area contributed by atoms with Gasteiger partial charge in [-0.15, -0.1) is 0 Å². The van der Waals surface area contributed by atoms with E-state index in [0.29, 0.717) is 69.2 Å². The first-order valence-corrected chi connectivity index (χ1v) is 43.0. The zero-order valence-electron chi connectivity index (χ0n) is 73.7. The topological polar surface area (TPSA) is 183 Å². The van der Waals surface area contributed by atoms with Gasteiger partial charge >= 0.3 is 0 Å². The summed E-state index contributed by atoms with van der Waals surface area (Å²) in [5.41, 5.74) is 34.3. The monoisotopic (exact) mass is 1670 g/mol. The molecule has 21 aromatic rings. The second-order valence-corrected chi connectivity index (χ2v) is 33.5. The van der Waals surface area contributed by atoms with Crippen molar-refractivity contribution < 1.29 is 0 Å². The van der Waals surface area contributed by atoms with Crippen LogP contribution in [0.15, 0.2) is 309 Å². The van der Waals surface area contributed by atoms with Gasteiger partial charge in [-0.05, 0) is 219 Å². The first-order valence-electron chi connectivity index (χ1n) is 43.0. The fraction of sp³-hybridized carbons (Fsp3) is 0.105. The summed E-state index contributed by atoms with van der Waals surface area (Å²) in [4.78, 5) is 46.2. The van der Waals surface area contributed by atoms with Gasteiger partial charge in [0.05, 0.1) is 80.0 Å². The zero-order chi connectivity index (χ0) is 89.0. The SMILES string of the molecule is Cc1cc(C)cc(-c2ccc3c(c2)c2ccccc2n3-c2ccc(C#N)cc2-c2nc(-c3ccccc3)nc(-c3ccccc3)n2)c1.Cc1cc(C)cc(-c2ccc3c4ccc(-c5cc(C)cc(C)c5)cc4n(-c4ccc(C#N)cc4-c4nc(C)nc(C)n4)c3c2)c1.[C-]#[N+]c1ccc(-n2c3ccccc3c3ccc(-c4cc(C)cc(C)c4)cc32)c(-c2nc(C)nc(C)n2)c1. The van der Waals surface area contributed by atoms with Crippen LogP contribution in [-0.4, -0.2) is 58.6 Å². The largest absolute Gasteiger partial charge is 0.309 e. The second-order valence-electron chi connectivity index (χ2n) is 33.5. The first kappa shape index (κ1) is 81.8. The van der Waals surface area contributed by atoms with Gasteiger partial charge in [0.15, 0.2) is 34.8 Å². The number of rotatable bonds is 12. The zero-order valence-corrected chi connectivity index (χ0v) is 73.7. The van der Waals surface area contributed by atoms with Gasteiger partial charge in [0.1, 0.15) is 23.3 Å². The lowest BCUT2D eigenvalue weighted by Crippen LogP contribution is -2.04. The first-order chi connectivity index (χ1) is 62.6. The number of hydrogen-bond acceptors (Lipinski definition) is 11. The van der Waals surface area contributed by atoms with Gasteiger partial charge in [0.25, 0.3) is 0 Å². The number of para-hydroxylation sites is 2. The van der Waals surface area contributed by atoms with Crippen molar-refractivity contribution >= 4 is 71.1 Å². The van der Waals surface area contributed by atoms with Crippen molar-refractivity contribution in [3.63, 3.8) is 0 Å². The standard InChI is InChI=1S/C42H29N5.C40H33N5.C32H25N5/c1-27-21-28(2)23-33(22-27)32-18-20-38-35(25-32)34-15-9-10-16-37(34)47(38)39-19-17-29(26-43)24-36(39)42-45-40(30-11-5-3-6-12-30)44-41(46-42)31-13-7-4-8-14-31;1-23-13-24(2)16-32(15-23)30-8-10-34-35-11-9-31(33-17-25(3)14-26(4)18-33)21-39(35)45(38(34)20-30)37-12-7-29(22-41)19-36(37)40-43-27(5)42-28(6)44-40;1-19-14-20(2)16-24(15-19)23-10-12-27-26-8-6-7-9-29(26)37(31(27)17-23)30-13-11-25(33-5)18-28(30)32-35-21(3)34-22(4)36-32/h3-25H,1-2H3;7-21H,1-6H3;6-18H,1-4H3. The molecule has 0 bridgehead atoms. The predicted molar refractivity (Wildman–Crippen MR) is 524 cm³/mol. The van der Waals surface area contributed by atoms with E-state index in [1.165, 1.54) is 83.1 Å². The molecule has 0 spiro atoms. The van der Waals surface area contributed by atoms with Crippen molar-refractivity contribution in [1.29, 1.82) is 10.5 Å². The average Bonchev–Trinajstić information content (AvgIpc) is 1.67. The van der Waals surface area contributed by atoms with Crippen molar-refractivity contribution in [2.45, 2.75) is 83.1 Å². The summed E-state index contributed by atoms with van der Waals surface area (Å²) in [5, 5.41) is 26.9. The van der Waals surface area contributed by atoms with Crippen LogP contribution in [0.25, 0.3) is 189 Å². The number of nitrogens with zero attached hydrogens (tertiary/aromatic N) is 15. The molecule has 0 aliphatic carbocycles. The molecule has 15 heteroatoms. The van der Waals surface area contributed by atoms with Gasteiger partial charge in [0, 0.05) is 60.1 Å². The Morgan fingerprint density at radius 1 is 0.225 bits per heavy atom. The van der Waals surface area contributed by atoms with E-state index < -0.39 is 0 Å². The molecule has 0 aliphatic rings. The Hall–Kier alpha value is -16.8. The molecule has 0 fully saturated rings.